The minimum absolute atomic E-state index is 0.119. The van der Waals surface area contributed by atoms with Crippen molar-refractivity contribution in [3.8, 4) is 0 Å². The van der Waals surface area contributed by atoms with Gasteiger partial charge in [0.25, 0.3) is 10.0 Å². The van der Waals surface area contributed by atoms with Gasteiger partial charge >= 0.3 is 0 Å². The monoisotopic (exact) mass is 294 g/mol. The summed E-state index contributed by atoms with van der Waals surface area (Å²) in [6.07, 6.45) is 2.26. The summed E-state index contributed by atoms with van der Waals surface area (Å²) in [5.41, 5.74) is -0.773. The van der Waals surface area contributed by atoms with Crippen LogP contribution in [0.2, 0.25) is 0 Å². The summed E-state index contributed by atoms with van der Waals surface area (Å²) in [5.74, 6) is -0.756. The Morgan fingerprint density at radius 3 is 2.50 bits per heavy atom. The first kappa shape index (κ1) is 15.3. The molecule has 0 saturated heterocycles. The van der Waals surface area contributed by atoms with Crippen LogP contribution in [0, 0.1) is 5.82 Å². The fraction of sp³-hybridized carbons (Fsp3) is 0.545. The Labute approximate surface area is 112 Å². The van der Waals surface area contributed by atoms with E-state index in [4.69, 9.17) is 11.6 Å². The Kier molecular flexibility index (Phi) is 5.07. The Morgan fingerprint density at radius 2 is 2.06 bits per heavy atom. The highest BCUT2D eigenvalue weighted by molar-refractivity contribution is 7.89. The Hall–Kier alpha value is -0.720. The molecule has 0 bridgehead atoms. The number of rotatable bonds is 6. The van der Waals surface area contributed by atoms with Gasteiger partial charge in [-0.2, -0.15) is 0 Å². The maximum absolute atomic E-state index is 13.5. The minimum Gasteiger partial charge on any atom is -0.241 e. The van der Waals surface area contributed by atoms with Crippen LogP contribution in [0.4, 0.5) is 4.39 Å². The average Bonchev–Trinajstić information content (AvgIpc) is 2.36. The first-order valence-electron chi connectivity index (χ1n) is 5.61. The first-order chi connectivity index (χ1) is 8.40. The van der Waals surface area contributed by atoms with Crippen LogP contribution in [0.3, 0.4) is 0 Å². The molecule has 1 aromatic rings. The van der Waals surface area contributed by atoms with E-state index in [1.54, 1.807) is 0 Å². The summed E-state index contributed by atoms with van der Waals surface area (Å²) in [4.78, 5) is 3.57. The molecule has 0 radical (unpaired) electrons. The number of nitrogens with zero attached hydrogens (tertiary/aromatic N) is 1. The highest BCUT2D eigenvalue weighted by Gasteiger charge is 2.33. The van der Waals surface area contributed by atoms with E-state index in [-0.39, 0.29) is 5.88 Å². The number of hydrogen-bond donors (Lipinski definition) is 1. The fourth-order valence-corrected chi connectivity index (χ4v) is 3.59. The molecule has 18 heavy (non-hydrogen) atoms. The van der Waals surface area contributed by atoms with Gasteiger partial charge in [0.2, 0.25) is 5.03 Å². The molecule has 1 aromatic heterocycles. The van der Waals surface area contributed by atoms with Crippen LogP contribution >= 0.6 is 11.6 Å². The van der Waals surface area contributed by atoms with Crippen LogP contribution < -0.4 is 4.72 Å². The maximum atomic E-state index is 13.5. The van der Waals surface area contributed by atoms with Crippen LogP contribution in [-0.2, 0) is 10.0 Å². The second kappa shape index (κ2) is 5.95. The zero-order valence-corrected chi connectivity index (χ0v) is 11.9. The predicted molar refractivity (Wildman–Crippen MR) is 68.5 cm³/mol. The minimum atomic E-state index is -4.01. The molecular formula is C11H16ClFN2O2S. The average molecular weight is 295 g/mol. The van der Waals surface area contributed by atoms with Crippen LogP contribution in [-0.4, -0.2) is 24.8 Å². The van der Waals surface area contributed by atoms with Crippen molar-refractivity contribution in [1.82, 2.24) is 9.71 Å². The maximum Gasteiger partial charge on any atom is 0.261 e. The van der Waals surface area contributed by atoms with Crippen molar-refractivity contribution in [2.75, 3.05) is 5.88 Å². The highest BCUT2D eigenvalue weighted by atomic mass is 35.5. The molecule has 0 unspecified atom stereocenters. The second-order valence-electron chi connectivity index (χ2n) is 4.02. The SMILES string of the molecule is CCC(CC)(CCl)NS(=O)(=O)c1ncccc1F. The van der Waals surface area contributed by atoms with E-state index < -0.39 is 26.4 Å². The van der Waals surface area contributed by atoms with Gasteiger partial charge in [0.05, 0.1) is 0 Å². The molecule has 1 N–H and O–H groups in total. The van der Waals surface area contributed by atoms with Crippen LogP contribution in [0.15, 0.2) is 23.4 Å². The topological polar surface area (TPSA) is 59.1 Å². The summed E-state index contributed by atoms with van der Waals surface area (Å²) in [6.45, 7) is 3.65. The van der Waals surface area contributed by atoms with Gasteiger partial charge in [-0.3, -0.25) is 0 Å². The third kappa shape index (κ3) is 3.18. The zero-order chi connectivity index (χ0) is 13.8. The van der Waals surface area contributed by atoms with E-state index in [1.165, 1.54) is 12.3 Å². The lowest BCUT2D eigenvalue weighted by Crippen LogP contribution is -2.49. The molecule has 1 heterocycles. The molecule has 7 heteroatoms. The molecule has 102 valence electrons. The molecule has 0 fully saturated rings. The third-order valence-electron chi connectivity index (χ3n) is 2.94. The third-order valence-corrected chi connectivity index (χ3v) is 4.96. The molecule has 1 rings (SSSR count). The fourth-order valence-electron chi connectivity index (χ4n) is 1.51. The van der Waals surface area contributed by atoms with Gasteiger partial charge in [0.1, 0.15) is 0 Å². The summed E-state index contributed by atoms with van der Waals surface area (Å²) in [5, 5.41) is -0.596. The predicted octanol–water partition coefficient (Wildman–Crippen LogP) is 2.30. The smallest absolute Gasteiger partial charge is 0.241 e. The van der Waals surface area contributed by atoms with Crippen molar-refractivity contribution in [2.24, 2.45) is 0 Å². The molecule has 0 saturated carbocycles. The number of aromatic nitrogens is 1. The molecule has 0 aliphatic rings. The van der Waals surface area contributed by atoms with Gasteiger partial charge in [-0.05, 0) is 25.0 Å². The molecule has 0 atom stereocenters. The number of sulfonamides is 1. The number of halogens is 2. The molecule has 0 aliphatic carbocycles. The van der Waals surface area contributed by atoms with Crippen molar-refractivity contribution >= 4 is 21.6 Å². The Bertz CT molecular complexity index is 495. The molecule has 4 nitrogen and oxygen atoms in total. The van der Waals surface area contributed by atoms with E-state index in [0.717, 1.165) is 6.07 Å². The van der Waals surface area contributed by atoms with Gasteiger partial charge in [-0.1, -0.05) is 13.8 Å². The van der Waals surface area contributed by atoms with Crippen LogP contribution in [0.1, 0.15) is 26.7 Å². The number of hydrogen-bond acceptors (Lipinski definition) is 3. The van der Waals surface area contributed by atoms with Crippen molar-refractivity contribution in [1.29, 1.82) is 0 Å². The number of pyridine rings is 1. The van der Waals surface area contributed by atoms with E-state index in [0.29, 0.717) is 12.8 Å². The van der Waals surface area contributed by atoms with E-state index in [2.05, 4.69) is 9.71 Å². The molecule has 0 aliphatic heterocycles. The molecule has 0 aromatic carbocycles. The summed E-state index contributed by atoms with van der Waals surface area (Å²) >= 11 is 5.82. The lowest BCUT2D eigenvalue weighted by molar-refractivity contribution is 0.391. The van der Waals surface area contributed by atoms with Gasteiger partial charge in [0, 0.05) is 17.6 Å². The molecule has 0 amide bonds. The van der Waals surface area contributed by atoms with Gasteiger partial charge in [-0.25, -0.2) is 22.5 Å². The van der Waals surface area contributed by atoms with Gasteiger partial charge in [-0.15, -0.1) is 11.6 Å². The quantitative estimate of drug-likeness (QED) is 0.819. The number of nitrogens with one attached hydrogen (secondary N) is 1. The van der Waals surface area contributed by atoms with E-state index >= 15 is 0 Å². The molecular weight excluding hydrogens is 279 g/mol. The summed E-state index contributed by atoms with van der Waals surface area (Å²) < 4.78 is 40.1. The van der Waals surface area contributed by atoms with Crippen LogP contribution in [0.5, 0.6) is 0 Å². The van der Waals surface area contributed by atoms with Crippen LogP contribution in [0.25, 0.3) is 0 Å². The largest absolute Gasteiger partial charge is 0.261 e. The molecule has 0 spiro atoms. The lowest BCUT2D eigenvalue weighted by Gasteiger charge is -2.29. The van der Waals surface area contributed by atoms with E-state index in [9.17, 15) is 12.8 Å². The normalized spacial score (nSPS) is 12.7. The van der Waals surface area contributed by atoms with Crippen molar-refractivity contribution in [3.05, 3.63) is 24.1 Å². The van der Waals surface area contributed by atoms with E-state index in [1.807, 2.05) is 13.8 Å². The van der Waals surface area contributed by atoms with Crippen molar-refractivity contribution in [3.63, 3.8) is 0 Å². The number of alkyl halides is 1. The Morgan fingerprint density at radius 1 is 1.44 bits per heavy atom. The second-order valence-corrected chi connectivity index (χ2v) is 5.88. The Balaban J connectivity index is 3.13. The standard InChI is InChI=1S/C11H16ClFN2O2S/c1-3-11(4-2,8-12)15-18(16,17)10-9(13)6-5-7-14-10/h5-7,15H,3-4,8H2,1-2H3. The van der Waals surface area contributed by atoms with Crippen molar-refractivity contribution < 1.29 is 12.8 Å². The van der Waals surface area contributed by atoms with Gasteiger partial charge in [0.15, 0.2) is 5.82 Å². The first-order valence-corrected chi connectivity index (χ1v) is 7.63. The summed E-state index contributed by atoms with van der Waals surface area (Å²) in [7, 11) is -4.01. The highest BCUT2D eigenvalue weighted by Crippen LogP contribution is 2.21. The summed E-state index contributed by atoms with van der Waals surface area (Å²) in [6, 6.07) is 2.39. The van der Waals surface area contributed by atoms with Crippen molar-refractivity contribution in [2.45, 2.75) is 37.3 Å². The lowest BCUT2D eigenvalue weighted by atomic mass is 9.97. The zero-order valence-electron chi connectivity index (χ0n) is 10.3. The van der Waals surface area contributed by atoms with Gasteiger partial charge < -0.3 is 0 Å².